The molecule has 1 amide bonds. The normalized spacial score (nSPS) is 27.3. The third-order valence-corrected chi connectivity index (χ3v) is 3.51. The summed E-state index contributed by atoms with van der Waals surface area (Å²) in [4.78, 5) is 23.2. The summed E-state index contributed by atoms with van der Waals surface area (Å²) < 4.78 is 6.88. The van der Waals surface area contributed by atoms with Gasteiger partial charge in [-0.05, 0) is 0 Å². The van der Waals surface area contributed by atoms with Crippen molar-refractivity contribution in [3.63, 3.8) is 0 Å². The van der Waals surface area contributed by atoms with E-state index in [2.05, 4.69) is 25.8 Å². The number of aromatic nitrogens is 4. The average Bonchev–Trinajstić information content (AvgIpc) is 3.08. The smallest absolute Gasteiger partial charge is 0.235 e. The van der Waals surface area contributed by atoms with Crippen molar-refractivity contribution < 1.29 is 24.9 Å². The molecule has 5 N–H and O–H groups in total. The van der Waals surface area contributed by atoms with Crippen molar-refractivity contribution in [1.29, 1.82) is 0 Å². The Morgan fingerprint density at radius 3 is 2.78 bits per heavy atom. The molecule has 1 saturated heterocycles. The van der Waals surface area contributed by atoms with Crippen LogP contribution in [-0.4, -0.2) is 65.7 Å². The summed E-state index contributed by atoms with van der Waals surface area (Å²) in [6, 6.07) is 0. The number of fused-ring (bicyclic) bond motifs is 1. The summed E-state index contributed by atoms with van der Waals surface area (Å²) in [5.41, 5.74) is 5.68. The standard InChI is InChI=1S/C12H16N6O5/c1-5(20)16-17-10-7-11(14-3-13-10)18(4-15-7)12-9(22)8(21)6(2-19)23-12/h3-4,6,8-9,12,19,21-22H,2H2,1H3,(H,16,20)(H,13,14,17)/t6-,8-,9-,12-/m1/s1. The third kappa shape index (κ3) is 2.70. The van der Waals surface area contributed by atoms with Gasteiger partial charge in [-0.3, -0.25) is 20.2 Å². The molecule has 2 aromatic heterocycles. The first-order valence-electron chi connectivity index (χ1n) is 6.85. The van der Waals surface area contributed by atoms with Crippen LogP contribution in [0.1, 0.15) is 13.2 Å². The van der Waals surface area contributed by atoms with Crippen LogP contribution in [0.4, 0.5) is 5.82 Å². The van der Waals surface area contributed by atoms with E-state index in [1.54, 1.807) is 0 Å². The minimum absolute atomic E-state index is 0.274. The quantitative estimate of drug-likeness (QED) is 0.398. The van der Waals surface area contributed by atoms with E-state index in [1.807, 2.05) is 0 Å². The second kappa shape index (κ2) is 6.04. The van der Waals surface area contributed by atoms with Crippen molar-refractivity contribution in [3.8, 4) is 0 Å². The highest BCUT2D eigenvalue weighted by Crippen LogP contribution is 2.31. The molecule has 0 saturated carbocycles. The summed E-state index contributed by atoms with van der Waals surface area (Å²) in [7, 11) is 0. The fourth-order valence-electron chi connectivity index (χ4n) is 2.39. The largest absolute Gasteiger partial charge is 0.394 e. The maximum atomic E-state index is 11.0. The van der Waals surface area contributed by atoms with Gasteiger partial charge in [-0.25, -0.2) is 15.0 Å². The number of anilines is 1. The number of nitrogens with one attached hydrogen (secondary N) is 2. The lowest BCUT2D eigenvalue weighted by atomic mass is 10.1. The molecule has 3 rings (SSSR count). The molecule has 1 aliphatic heterocycles. The zero-order valence-corrected chi connectivity index (χ0v) is 12.1. The number of amides is 1. The summed E-state index contributed by atoms with van der Waals surface area (Å²) in [5, 5.41) is 29.1. The van der Waals surface area contributed by atoms with Crippen LogP contribution in [0.3, 0.4) is 0 Å². The second-order valence-corrected chi connectivity index (χ2v) is 5.08. The van der Waals surface area contributed by atoms with Gasteiger partial charge in [0.15, 0.2) is 23.2 Å². The number of carbonyl (C=O) groups excluding carboxylic acids is 1. The first kappa shape index (κ1) is 15.6. The maximum Gasteiger partial charge on any atom is 0.235 e. The molecule has 0 radical (unpaired) electrons. The Labute approximate surface area is 129 Å². The highest BCUT2D eigenvalue weighted by Gasteiger charge is 2.44. The molecule has 11 nitrogen and oxygen atoms in total. The van der Waals surface area contributed by atoms with Crippen molar-refractivity contribution in [2.75, 3.05) is 12.0 Å². The van der Waals surface area contributed by atoms with Crippen LogP contribution < -0.4 is 10.9 Å². The number of nitrogens with zero attached hydrogens (tertiary/aromatic N) is 4. The van der Waals surface area contributed by atoms with Crippen molar-refractivity contribution in [1.82, 2.24) is 24.9 Å². The fraction of sp³-hybridized carbons (Fsp3) is 0.500. The molecule has 11 heteroatoms. The Balaban J connectivity index is 1.94. The highest BCUT2D eigenvalue weighted by molar-refractivity contribution is 5.84. The molecule has 0 aromatic carbocycles. The van der Waals surface area contributed by atoms with E-state index in [-0.39, 0.29) is 11.7 Å². The molecule has 1 aliphatic rings. The molecular weight excluding hydrogens is 308 g/mol. The molecule has 0 unspecified atom stereocenters. The molecule has 4 atom stereocenters. The van der Waals surface area contributed by atoms with Gasteiger partial charge in [-0.1, -0.05) is 0 Å². The number of hydrazine groups is 1. The average molecular weight is 324 g/mol. The van der Waals surface area contributed by atoms with Gasteiger partial charge in [0.1, 0.15) is 24.6 Å². The summed E-state index contributed by atoms with van der Waals surface area (Å²) in [6.45, 7) is 0.912. The molecule has 0 bridgehead atoms. The number of rotatable bonds is 4. The molecule has 0 aliphatic carbocycles. The van der Waals surface area contributed by atoms with Crippen LogP contribution in [-0.2, 0) is 9.53 Å². The van der Waals surface area contributed by atoms with Crippen LogP contribution in [0.25, 0.3) is 11.2 Å². The molecule has 1 fully saturated rings. The van der Waals surface area contributed by atoms with Crippen molar-refractivity contribution >= 4 is 22.9 Å². The van der Waals surface area contributed by atoms with Crippen LogP contribution in [0.2, 0.25) is 0 Å². The van der Waals surface area contributed by atoms with E-state index < -0.39 is 31.1 Å². The van der Waals surface area contributed by atoms with E-state index in [1.165, 1.54) is 24.1 Å². The van der Waals surface area contributed by atoms with Crippen molar-refractivity contribution in [2.24, 2.45) is 0 Å². The summed E-state index contributed by atoms with van der Waals surface area (Å²) in [5.74, 6) is -0.0321. The fourth-order valence-corrected chi connectivity index (χ4v) is 2.39. The Bertz CT molecular complexity index is 721. The molecule has 124 valence electrons. The van der Waals surface area contributed by atoms with Gasteiger partial charge < -0.3 is 20.1 Å². The number of hydrogen-bond acceptors (Lipinski definition) is 9. The van der Waals surface area contributed by atoms with Gasteiger partial charge in [-0.15, -0.1) is 0 Å². The van der Waals surface area contributed by atoms with Crippen LogP contribution in [0.15, 0.2) is 12.7 Å². The van der Waals surface area contributed by atoms with Crippen LogP contribution in [0, 0.1) is 0 Å². The molecule has 23 heavy (non-hydrogen) atoms. The monoisotopic (exact) mass is 324 g/mol. The topological polar surface area (TPSA) is 155 Å². The Hall–Kier alpha value is -2.34. The lowest BCUT2D eigenvalue weighted by molar-refractivity contribution is -0.118. The van der Waals surface area contributed by atoms with Crippen LogP contribution >= 0.6 is 0 Å². The Kier molecular flexibility index (Phi) is 4.09. The zero-order chi connectivity index (χ0) is 16.6. The molecule has 0 spiro atoms. The van der Waals surface area contributed by atoms with Crippen LogP contribution in [0.5, 0.6) is 0 Å². The first-order valence-corrected chi connectivity index (χ1v) is 6.85. The van der Waals surface area contributed by atoms with E-state index in [0.717, 1.165) is 0 Å². The lowest BCUT2D eigenvalue weighted by Gasteiger charge is -2.16. The predicted molar refractivity (Wildman–Crippen MR) is 75.8 cm³/mol. The van der Waals surface area contributed by atoms with Gasteiger partial charge in [-0.2, -0.15) is 0 Å². The number of imidazole rings is 1. The number of hydrogen-bond donors (Lipinski definition) is 5. The number of aliphatic hydroxyl groups is 3. The minimum atomic E-state index is -1.24. The molecule has 3 heterocycles. The van der Waals surface area contributed by atoms with E-state index >= 15 is 0 Å². The number of aliphatic hydroxyl groups excluding tert-OH is 3. The second-order valence-electron chi connectivity index (χ2n) is 5.08. The van der Waals surface area contributed by atoms with Gasteiger partial charge in [0, 0.05) is 6.92 Å². The van der Waals surface area contributed by atoms with E-state index in [4.69, 9.17) is 9.84 Å². The van der Waals surface area contributed by atoms with Crippen molar-refractivity contribution in [3.05, 3.63) is 12.7 Å². The number of ether oxygens (including phenoxy) is 1. The van der Waals surface area contributed by atoms with E-state index in [0.29, 0.717) is 11.2 Å². The van der Waals surface area contributed by atoms with Gasteiger partial charge in [0.05, 0.1) is 12.9 Å². The summed E-state index contributed by atoms with van der Waals surface area (Å²) >= 11 is 0. The summed E-state index contributed by atoms with van der Waals surface area (Å²) in [6.07, 6.45) is -1.68. The third-order valence-electron chi connectivity index (χ3n) is 3.51. The maximum absolute atomic E-state index is 11.0. The highest BCUT2D eigenvalue weighted by atomic mass is 16.6. The first-order chi connectivity index (χ1) is 11.0. The Morgan fingerprint density at radius 1 is 1.35 bits per heavy atom. The lowest BCUT2D eigenvalue weighted by Crippen LogP contribution is -2.33. The van der Waals surface area contributed by atoms with E-state index in [9.17, 15) is 15.0 Å². The zero-order valence-electron chi connectivity index (χ0n) is 12.1. The number of carbonyl (C=O) groups is 1. The molecular formula is C12H16N6O5. The molecule has 2 aromatic rings. The predicted octanol–water partition coefficient (Wildman–Crippen LogP) is -2.10. The van der Waals surface area contributed by atoms with Gasteiger partial charge >= 0.3 is 0 Å². The van der Waals surface area contributed by atoms with Gasteiger partial charge in [0.25, 0.3) is 0 Å². The SMILES string of the molecule is CC(=O)NNc1ncnc2c1ncn2[C@@H]1O[C@H](CO)[C@@H](O)[C@H]1O. The van der Waals surface area contributed by atoms with Crippen molar-refractivity contribution in [2.45, 2.75) is 31.5 Å². The minimum Gasteiger partial charge on any atom is -0.394 e. The Morgan fingerprint density at radius 2 is 2.13 bits per heavy atom. The van der Waals surface area contributed by atoms with Gasteiger partial charge in [0.2, 0.25) is 5.91 Å².